The Morgan fingerprint density at radius 1 is 0.885 bits per heavy atom. The van der Waals surface area contributed by atoms with Crippen LogP contribution in [0.5, 0.6) is 11.5 Å². The number of benzene rings is 3. The van der Waals surface area contributed by atoms with Crippen LogP contribution in [0.1, 0.15) is 27.6 Å². The maximum Gasteiger partial charge on any atom is 0.196 e. The van der Waals surface area contributed by atoms with Crippen LogP contribution in [0.25, 0.3) is 6.08 Å². The predicted octanol–water partition coefficient (Wildman–Crippen LogP) is 5.10. The van der Waals surface area contributed by atoms with E-state index in [0.29, 0.717) is 16.9 Å². The standard InChI is InChI=1S/C23H18O3/c1-25-18-13-11-16(12-14-18)15-20-22(24)19-9-5-6-10-21(19)26-23(20)17-7-3-2-4-8-17/h2-15,23H,1H3/b20-15+/t23-/m0/s1. The zero-order chi connectivity index (χ0) is 17.9. The molecular weight excluding hydrogens is 324 g/mol. The SMILES string of the molecule is COc1ccc(/C=C2\C(=O)c3ccccc3O[C@H]2c2ccccc2)cc1. The van der Waals surface area contributed by atoms with Crippen molar-refractivity contribution in [3.05, 3.63) is 101 Å². The highest BCUT2D eigenvalue weighted by atomic mass is 16.5. The van der Waals surface area contributed by atoms with Gasteiger partial charge in [-0.2, -0.15) is 0 Å². The minimum atomic E-state index is -0.430. The van der Waals surface area contributed by atoms with Gasteiger partial charge in [0.15, 0.2) is 11.9 Å². The molecule has 0 N–H and O–H groups in total. The number of carbonyl (C=O) groups is 1. The molecule has 0 amide bonds. The lowest BCUT2D eigenvalue weighted by molar-refractivity contribution is 0.0963. The molecule has 1 aliphatic heterocycles. The summed E-state index contributed by atoms with van der Waals surface area (Å²) in [7, 11) is 1.63. The summed E-state index contributed by atoms with van der Waals surface area (Å²) in [5, 5.41) is 0. The van der Waals surface area contributed by atoms with Crippen LogP contribution >= 0.6 is 0 Å². The summed E-state index contributed by atoms with van der Waals surface area (Å²) in [5.41, 5.74) is 3.10. The van der Waals surface area contributed by atoms with Crippen molar-refractivity contribution >= 4 is 11.9 Å². The van der Waals surface area contributed by atoms with E-state index in [9.17, 15) is 4.79 Å². The molecule has 1 atom stereocenters. The van der Waals surface area contributed by atoms with Crippen molar-refractivity contribution in [2.75, 3.05) is 7.11 Å². The number of hydrogen-bond acceptors (Lipinski definition) is 3. The Bertz CT molecular complexity index is 956. The van der Waals surface area contributed by atoms with E-state index in [1.807, 2.05) is 78.9 Å². The molecule has 26 heavy (non-hydrogen) atoms. The summed E-state index contributed by atoms with van der Waals surface area (Å²) in [4.78, 5) is 13.2. The summed E-state index contributed by atoms with van der Waals surface area (Å²) in [5.74, 6) is 1.40. The molecule has 0 radical (unpaired) electrons. The maximum absolute atomic E-state index is 13.2. The molecule has 0 saturated carbocycles. The Balaban J connectivity index is 1.82. The van der Waals surface area contributed by atoms with E-state index in [0.717, 1.165) is 16.9 Å². The van der Waals surface area contributed by atoms with E-state index in [1.165, 1.54) is 0 Å². The minimum Gasteiger partial charge on any atom is -0.497 e. The van der Waals surface area contributed by atoms with Crippen molar-refractivity contribution in [3.63, 3.8) is 0 Å². The molecule has 3 nitrogen and oxygen atoms in total. The lowest BCUT2D eigenvalue weighted by atomic mass is 9.89. The number of carbonyl (C=O) groups excluding carboxylic acids is 1. The van der Waals surface area contributed by atoms with Gasteiger partial charge in [-0.25, -0.2) is 0 Å². The number of ether oxygens (including phenoxy) is 2. The number of methoxy groups -OCH3 is 1. The van der Waals surface area contributed by atoms with Gasteiger partial charge in [0.05, 0.1) is 12.7 Å². The van der Waals surface area contributed by atoms with Crippen molar-refractivity contribution < 1.29 is 14.3 Å². The molecule has 3 aromatic rings. The molecule has 1 aliphatic rings. The number of para-hydroxylation sites is 1. The van der Waals surface area contributed by atoms with Crippen LogP contribution in [0.4, 0.5) is 0 Å². The van der Waals surface area contributed by atoms with Gasteiger partial charge in [0.2, 0.25) is 0 Å². The zero-order valence-electron chi connectivity index (χ0n) is 14.4. The quantitative estimate of drug-likeness (QED) is 0.622. The summed E-state index contributed by atoms with van der Waals surface area (Å²) < 4.78 is 11.4. The van der Waals surface area contributed by atoms with E-state index >= 15 is 0 Å². The fourth-order valence-electron chi connectivity index (χ4n) is 3.12. The first-order chi connectivity index (χ1) is 12.8. The topological polar surface area (TPSA) is 35.5 Å². The zero-order valence-corrected chi connectivity index (χ0v) is 14.4. The second-order valence-corrected chi connectivity index (χ2v) is 6.11. The van der Waals surface area contributed by atoms with Crippen molar-refractivity contribution in [1.29, 1.82) is 0 Å². The summed E-state index contributed by atoms with van der Waals surface area (Å²) in [6.45, 7) is 0. The van der Waals surface area contributed by atoms with Crippen molar-refractivity contribution in [1.82, 2.24) is 0 Å². The Morgan fingerprint density at radius 3 is 2.31 bits per heavy atom. The van der Waals surface area contributed by atoms with Gasteiger partial charge < -0.3 is 9.47 Å². The fourth-order valence-corrected chi connectivity index (χ4v) is 3.12. The molecule has 0 unspecified atom stereocenters. The third-order valence-corrected chi connectivity index (χ3v) is 4.46. The Labute approximate surface area is 152 Å². The first-order valence-electron chi connectivity index (χ1n) is 8.47. The number of hydrogen-bond donors (Lipinski definition) is 0. The monoisotopic (exact) mass is 342 g/mol. The smallest absolute Gasteiger partial charge is 0.196 e. The summed E-state index contributed by atoms with van der Waals surface area (Å²) in [6.07, 6.45) is 1.47. The van der Waals surface area contributed by atoms with Crippen LogP contribution in [0.15, 0.2) is 84.4 Å². The van der Waals surface area contributed by atoms with Gasteiger partial charge in [-0.05, 0) is 41.5 Å². The molecule has 1 heterocycles. The number of rotatable bonds is 3. The van der Waals surface area contributed by atoms with Crippen molar-refractivity contribution in [2.24, 2.45) is 0 Å². The summed E-state index contributed by atoms with van der Waals surface area (Å²) >= 11 is 0. The molecule has 0 aliphatic carbocycles. The van der Waals surface area contributed by atoms with Crippen LogP contribution in [0.3, 0.4) is 0 Å². The minimum absolute atomic E-state index is 0.00322. The lowest BCUT2D eigenvalue weighted by Crippen LogP contribution is -2.23. The second kappa shape index (κ2) is 6.89. The Kier molecular flexibility index (Phi) is 4.28. The number of ketones is 1. The third kappa shape index (κ3) is 3.00. The van der Waals surface area contributed by atoms with Crippen LogP contribution in [-0.4, -0.2) is 12.9 Å². The van der Waals surface area contributed by atoms with Crippen LogP contribution in [0, 0.1) is 0 Å². The molecule has 3 aromatic carbocycles. The first-order valence-corrected chi connectivity index (χ1v) is 8.47. The highest BCUT2D eigenvalue weighted by Gasteiger charge is 2.32. The van der Waals surface area contributed by atoms with Crippen LogP contribution in [-0.2, 0) is 0 Å². The molecule has 0 aromatic heterocycles. The second-order valence-electron chi connectivity index (χ2n) is 6.11. The van der Waals surface area contributed by atoms with E-state index in [2.05, 4.69) is 0 Å². The molecular formula is C23H18O3. The van der Waals surface area contributed by atoms with E-state index in [4.69, 9.17) is 9.47 Å². The Morgan fingerprint density at radius 2 is 1.58 bits per heavy atom. The Hall–Kier alpha value is -3.33. The summed E-state index contributed by atoms with van der Waals surface area (Å²) in [6, 6.07) is 24.8. The van der Waals surface area contributed by atoms with Gasteiger partial charge in [0.25, 0.3) is 0 Å². The maximum atomic E-state index is 13.2. The molecule has 0 saturated heterocycles. The number of fused-ring (bicyclic) bond motifs is 1. The van der Waals surface area contributed by atoms with Gasteiger partial charge in [-0.1, -0.05) is 54.6 Å². The molecule has 0 bridgehead atoms. The van der Waals surface area contributed by atoms with Gasteiger partial charge in [0.1, 0.15) is 11.5 Å². The predicted molar refractivity (Wildman–Crippen MR) is 102 cm³/mol. The third-order valence-electron chi connectivity index (χ3n) is 4.46. The molecule has 0 spiro atoms. The van der Waals surface area contributed by atoms with Gasteiger partial charge >= 0.3 is 0 Å². The highest BCUT2D eigenvalue weighted by molar-refractivity contribution is 6.14. The average Bonchev–Trinajstić information content (AvgIpc) is 2.71. The van der Waals surface area contributed by atoms with Crippen LogP contribution < -0.4 is 9.47 Å². The first kappa shape index (κ1) is 16.2. The van der Waals surface area contributed by atoms with E-state index < -0.39 is 6.10 Å². The molecule has 4 rings (SSSR count). The van der Waals surface area contributed by atoms with E-state index in [1.54, 1.807) is 13.2 Å². The van der Waals surface area contributed by atoms with Gasteiger partial charge in [-0.3, -0.25) is 4.79 Å². The molecule has 128 valence electrons. The number of Topliss-reactive ketones (excluding diaryl/α,β-unsaturated/α-hetero) is 1. The highest BCUT2D eigenvalue weighted by Crippen LogP contribution is 2.39. The van der Waals surface area contributed by atoms with Gasteiger partial charge in [0, 0.05) is 5.57 Å². The lowest BCUT2D eigenvalue weighted by Gasteiger charge is -2.28. The van der Waals surface area contributed by atoms with E-state index in [-0.39, 0.29) is 5.78 Å². The average molecular weight is 342 g/mol. The normalized spacial score (nSPS) is 17.5. The van der Waals surface area contributed by atoms with Gasteiger partial charge in [-0.15, -0.1) is 0 Å². The molecule has 0 fully saturated rings. The largest absolute Gasteiger partial charge is 0.497 e. The van der Waals surface area contributed by atoms with Crippen molar-refractivity contribution in [3.8, 4) is 11.5 Å². The van der Waals surface area contributed by atoms with Crippen LogP contribution in [0.2, 0.25) is 0 Å². The fraction of sp³-hybridized carbons (Fsp3) is 0.0870. The molecule has 3 heteroatoms. The van der Waals surface area contributed by atoms with Crippen molar-refractivity contribution in [2.45, 2.75) is 6.10 Å².